The minimum Gasteiger partial charge on any atom is -0.348 e. The Hall–Kier alpha value is -1.73. The van der Waals surface area contributed by atoms with Gasteiger partial charge in [-0.15, -0.1) is 12.4 Å². The van der Waals surface area contributed by atoms with Crippen molar-refractivity contribution < 1.29 is 18.4 Å². The average Bonchev–Trinajstić information content (AvgIpc) is 2.50. The molecule has 0 spiro atoms. The van der Waals surface area contributed by atoms with Crippen molar-refractivity contribution in [1.29, 1.82) is 0 Å². The number of carbonyl (C=O) groups excluding carboxylic acids is 2. The summed E-state index contributed by atoms with van der Waals surface area (Å²) in [5.41, 5.74) is 6.14. The lowest BCUT2D eigenvalue weighted by Gasteiger charge is -2.23. The molecule has 1 rings (SSSR count). The Balaban J connectivity index is 0.00000529. The number of carbonyl (C=O) groups is 2. The molecule has 0 saturated carbocycles. The van der Waals surface area contributed by atoms with Crippen LogP contribution in [0, 0.1) is 12.8 Å². The Morgan fingerprint density at radius 3 is 2.33 bits per heavy atom. The Kier molecular flexibility index (Phi) is 8.85. The van der Waals surface area contributed by atoms with Crippen LogP contribution in [0.3, 0.4) is 0 Å². The fourth-order valence-electron chi connectivity index (χ4n) is 1.98. The number of amides is 2. The highest BCUT2D eigenvalue weighted by Gasteiger charge is 2.30. The summed E-state index contributed by atoms with van der Waals surface area (Å²) in [5.74, 6) is -4.50. The fraction of sp³-hybridized carbons (Fsp3) is 0.500. The van der Waals surface area contributed by atoms with Gasteiger partial charge in [0, 0.05) is 5.56 Å². The summed E-state index contributed by atoms with van der Waals surface area (Å²) in [4.78, 5) is 24.4. The number of nitrogens with two attached hydrogens (primary N) is 1. The first kappa shape index (κ1) is 22.3. The van der Waals surface area contributed by atoms with Crippen molar-refractivity contribution in [3.8, 4) is 0 Å². The summed E-state index contributed by atoms with van der Waals surface area (Å²) < 4.78 is 26.3. The summed E-state index contributed by atoms with van der Waals surface area (Å²) >= 11 is 0. The van der Waals surface area contributed by atoms with E-state index in [4.69, 9.17) is 5.73 Å². The van der Waals surface area contributed by atoms with E-state index in [1.807, 2.05) is 0 Å². The zero-order chi connectivity index (χ0) is 17.6. The van der Waals surface area contributed by atoms with Crippen molar-refractivity contribution in [3.63, 3.8) is 0 Å². The Bertz CT molecular complexity index is 568. The highest BCUT2D eigenvalue weighted by molar-refractivity contribution is 5.98. The minimum absolute atomic E-state index is 0. The van der Waals surface area contributed by atoms with Crippen molar-refractivity contribution in [2.45, 2.75) is 32.7 Å². The molecule has 136 valence electrons. The molecule has 0 aromatic heterocycles. The lowest BCUT2D eigenvalue weighted by molar-refractivity contribution is -0.125. The minimum atomic E-state index is -3.17. The van der Waals surface area contributed by atoms with Crippen LogP contribution in [0.5, 0.6) is 0 Å². The summed E-state index contributed by atoms with van der Waals surface area (Å²) in [6.45, 7) is 3.52. The van der Waals surface area contributed by atoms with Gasteiger partial charge in [-0.2, -0.15) is 0 Å². The van der Waals surface area contributed by atoms with Gasteiger partial charge in [-0.05, 0) is 24.5 Å². The number of nitrogens with one attached hydrogen (secondary N) is 2. The van der Waals surface area contributed by atoms with Crippen molar-refractivity contribution in [2.24, 2.45) is 11.7 Å². The maximum atomic E-state index is 13.1. The average molecular weight is 364 g/mol. The molecule has 0 fully saturated rings. The van der Waals surface area contributed by atoms with Crippen molar-refractivity contribution in [3.05, 3.63) is 35.4 Å². The third-order valence-corrected chi connectivity index (χ3v) is 3.45. The van der Waals surface area contributed by atoms with Crippen LogP contribution in [0.2, 0.25) is 0 Å². The van der Waals surface area contributed by atoms with E-state index in [-0.39, 0.29) is 18.3 Å². The van der Waals surface area contributed by atoms with E-state index < -0.39 is 36.9 Å². The van der Waals surface area contributed by atoms with E-state index in [0.717, 1.165) is 5.56 Å². The molecule has 8 heteroatoms. The molecule has 24 heavy (non-hydrogen) atoms. The molecule has 1 atom stereocenters. The molecule has 0 aliphatic carbocycles. The fourth-order valence-corrected chi connectivity index (χ4v) is 1.98. The maximum Gasteiger partial charge on any atom is 0.277 e. The number of benzene rings is 1. The number of rotatable bonds is 7. The summed E-state index contributed by atoms with van der Waals surface area (Å²) in [7, 11) is 0. The molecule has 0 radical (unpaired) electrons. The van der Waals surface area contributed by atoms with Crippen molar-refractivity contribution in [2.75, 3.05) is 13.1 Å². The number of halogens is 3. The van der Waals surface area contributed by atoms with Gasteiger partial charge in [0.25, 0.3) is 11.8 Å². The molecular formula is C16H24ClF2N3O2. The van der Waals surface area contributed by atoms with Gasteiger partial charge in [0.15, 0.2) is 0 Å². The zero-order valence-electron chi connectivity index (χ0n) is 13.9. The molecule has 0 aliphatic heterocycles. The monoisotopic (exact) mass is 363 g/mol. The van der Waals surface area contributed by atoms with Gasteiger partial charge in [-0.25, -0.2) is 8.78 Å². The molecule has 1 aromatic rings. The normalized spacial score (nSPS) is 12.3. The van der Waals surface area contributed by atoms with Crippen LogP contribution in [0.15, 0.2) is 24.3 Å². The Morgan fingerprint density at radius 2 is 1.83 bits per heavy atom. The predicted molar refractivity (Wildman–Crippen MR) is 91.5 cm³/mol. The quantitative estimate of drug-likeness (QED) is 0.691. The summed E-state index contributed by atoms with van der Waals surface area (Å²) in [6.07, 6.45) is 0. The highest BCUT2D eigenvalue weighted by Crippen LogP contribution is 2.11. The number of alkyl halides is 2. The van der Waals surface area contributed by atoms with E-state index >= 15 is 0 Å². The van der Waals surface area contributed by atoms with Crippen molar-refractivity contribution >= 4 is 24.2 Å². The molecule has 5 nitrogen and oxygen atoms in total. The molecule has 0 heterocycles. The number of hydrogen-bond donors (Lipinski definition) is 3. The molecule has 0 saturated heterocycles. The molecule has 1 aromatic carbocycles. The van der Waals surface area contributed by atoms with Gasteiger partial charge < -0.3 is 16.4 Å². The van der Waals surface area contributed by atoms with E-state index in [0.29, 0.717) is 5.56 Å². The third kappa shape index (κ3) is 6.41. The Labute approximate surface area is 146 Å². The summed E-state index contributed by atoms with van der Waals surface area (Å²) in [5, 5.41) is 4.74. The number of hydrogen-bond acceptors (Lipinski definition) is 3. The molecule has 4 N–H and O–H groups in total. The van der Waals surface area contributed by atoms with Crippen LogP contribution in [0.1, 0.15) is 29.8 Å². The van der Waals surface area contributed by atoms with E-state index in [9.17, 15) is 18.4 Å². The van der Waals surface area contributed by atoms with E-state index in [1.165, 1.54) is 0 Å². The maximum absolute atomic E-state index is 13.1. The molecular weight excluding hydrogens is 340 g/mol. The summed E-state index contributed by atoms with van der Waals surface area (Å²) in [6, 6.07) is 6.03. The standard InChI is InChI=1S/C16H23F2N3O2.ClH/c1-10(2)13(15(23)20-9-16(17,18)8-19)21-14(22)12-7-5-4-6-11(12)3;/h4-7,10,13H,8-9,19H2,1-3H3,(H,20,23)(H,21,22);1H. The third-order valence-electron chi connectivity index (χ3n) is 3.45. The van der Waals surface area contributed by atoms with Crippen LogP contribution in [0.25, 0.3) is 0 Å². The zero-order valence-corrected chi connectivity index (χ0v) is 14.8. The van der Waals surface area contributed by atoms with Crippen LogP contribution in [-0.2, 0) is 4.79 Å². The van der Waals surface area contributed by atoms with E-state index in [2.05, 4.69) is 10.6 Å². The van der Waals surface area contributed by atoms with Crippen LogP contribution in [0.4, 0.5) is 8.78 Å². The Morgan fingerprint density at radius 1 is 1.25 bits per heavy atom. The smallest absolute Gasteiger partial charge is 0.277 e. The second kappa shape index (κ2) is 9.54. The van der Waals surface area contributed by atoms with Gasteiger partial charge in [-0.3, -0.25) is 9.59 Å². The van der Waals surface area contributed by atoms with E-state index in [1.54, 1.807) is 45.0 Å². The lowest BCUT2D eigenvalue weighted by Crippen LogP contribution is -2.52. The number of aryl methyl sites for hydroxylation is 1. The molecule has 1 unspecified atom stereocenters. The molecule has 0 bridgehead atoms. The second-order valence-corrected chi connectivity index (χ2v) is 5.79. The van der Waals surface area contributed by atoms with Gasteiger partial charge >= 0.3 is 0 Å². The van der Waals surface area contributed by atoms with Crippen molar-refractivity contribution in [1.82, 2.24) is 10.6 Å². The molecule has 0 aliphatic rings. The molecule has 2 amide bonds. The second-order valence-electron chi connectivity index (χ2n) is 5.79. The van der Waals surface area contributed by atoms with Crippen LogP contribution in [-0.4, -0.2) is 36.9 Å². The van der Waals surface area contributed by atoms with Gasteiger partial charge in [0.1, 0.15) is 6.04 Å². The first-order valence-electron chi connectivity index (χ1n) is 7.40. The first-order valence-corrected chi connectivity index (χ1v) is 7.40. The van der Waals surface area contributed by atoms with Gasteiger partial charge in [-0.1, -0.05) is 32.0 Å². The highest BCUT2D eigenvalue weighted by atomic mass is 35.5. The van der Waals surface area contributed by atoms with Gasteiger partial charge in [0.05, 0.1) is 13.1 Å². The first-order chi connectivity index (χ1) is 10.7. The largest absolute Gasteiger partial charge is 0.348 e. The van der Waals surface area contributed by atoms with Crippen LogP contribution < -0.4 is 16.4 Å². The predicted octanol–water partition coefficient (Wildman–Crippen LogP) is 1.88. The SMILES string of the molecule is Cc1ccccc1C(=O)NC(C(=O)NCC(F)(F)CN)C(C)C.Cl. The lowest BCUT2D eigenvalue weighted by atomic mass is 10.0. The van der Waals surface area contributed by atoms with Gasteiger partial charge in [0.2, 0.25) is 5.91 Å². The van der Waals surface area contributed by atoms with Crippen LogP contribution >= 0.6 is 12.4 Å². The topological polar surface area (TPSA) is 84.2 Å².